The average Bonchev–Trinajstić information content (AvgIpc) is 3.14. The molecule has 0 aliphatic carbocycles. The minimum Gasteiger partial charge on any atom is -0.542 e. The molecule has 1 saturated heterocycles. The van der Waals surface area contributed by atoms with Crippen LogP contribution in [0.15, 0.2) is 18.3 Å². The van der Waals surface area contributed by atoms with Crippen LogP contribution in [0.2, 0.25) is 0 Å². The van der Waals surface area contributed by atoms with Gasteiger partial charge in [-0.25, -0.2) is 4.39 Å². The molecule has 0 radical (unpaired) electrons. The number of primary amides is 1. The summed E-state index contributed by atoms with van der Waals surface area (Å²) >= 11 is 0. The van der Waals surface area contributed by atoms with Crippen LogP contribution in [0, 0.1) is 5.82 Å². The Morgan fingerprint density at radius 3 is 2.48 bits per heavy atom. The number of quaternary nitrogens is 1. The largest absolute Gasteiger partial charge is 0.542 e. The summed E-state index contributed by atoms with van der Waals surface area (Å²) in [7, 11) is 0. The molecular formula is C14H14F4N4O3. The van der Waals surface area contributed by atoms with Gasteiger partial charge in [-0.15, -0.1) is 0 Å². The molecule has 1 aliphatic heterocycles. The fourth-order valence-corrected chi connectivity index (χ4v) is 2.47. The summed E-state index contributed by atoms with van der Waals surface area (Å²) in [5, 5.41) is 16.0. The molecule has 1 aromatic carbocycles. The van der Waals surface area contributed by atoms with Crippen molar-refractivity contribution in [3.63, 3.8) is 0 Å². The molecule has 1 atom stereocenters. The van der Waals surface area contributed by atoms with Crippen molar-refractivity contribution in [3.05, 3.63) is 29.7 Å². The first kappa shape index (κ1) is 18.6. The Bertz CT molecular complexity index is 797. The number of halogens is 4. The fraction of sp³-hybridized carbons (Fsp3) is 0.357. The minimum absolute atomic E-state index is 0.144. The van der Waals surface area contributed by atoms with Crippen LogP contribution in [0.1, 0.15) is 22.8 Å². The van der Waals surface area contributed by atoms with Crippen molar-refractivity contribution in [2.45, 2.75) is 18.6 Å². The lowest BCUT2D eigenvalue weighted by atomic mass is 10.1. The topological polar surface area (TPSA) is 118 Å². The molecule has 1 aromatic heterocycles. The zero-order chi connectivity index (χ0) is 18.8. The van der Waals surface area contributed by atoms with Gasteiger partial charge in [-0.2, -0.15) is 18.3 Å². The van der Waals surface area contributed by atoms with E-state index >= 15 is 0 Å². The average molecular weight is 362 g/mol. The standard InChI is InChI=1S/C12H13FN4O.C2HF3O2/c13-8-3-7-6-17(9-1-2-15-5-9)16-11(7)10(4-8)12(14)18;3-2(4,5)1(6)7/h3-4,6,9,15H,1-2,5H2,(H2,14,18);(H,6,7). The summed E-state index contributed by atoms with van der Waals surface area (Å²) in [4.78, 5) is 20.1. The molecular weight excluding hydrogens is 348 g/mol. The van der Waals surface area contributed by atoms with E-state index in [0.717, 1.165) is 25.6 Å². The molecule has 0 bridgehead atoms. The maximum atomic E-state index is 13.4. The highest BCUT2D eigenvalue weighted by atomic mass is 19.4. The summed E-state index contributed by atoms with van der Waals surface area (Å²) in [6, 6.07) is 2.83. The van der Waals surface area contributed by atoms with E-state index in [0.29, 0.717) is 16.9 Å². The Morgan fingerprint density at radius 2 is 2.00 bits per heavy atom. The first-order valence-corrected chi connectivity index (χ1v) is 7.17. The summed E-state index contributed by atoms with van der Waals surface area (Å²) in [6.07, 6.45) is -2.38. The van der Waals surface area contributed by atoms with E-state index in [2.05, 4.69) is 10.4 Å². The number of fused-ring (bicyclic) bond motifs is 1. The maximum absolute atomic E-state index is 13.4. The first-order chi connectivity index (χ1) is 11.6. The number of aliphatic carboxylic acids is 1. The minimum atomic E-state index is -5.19. The third-order valence-electron chi connectivity index (χ3n) is 3.60. The Morgan fingerprint density at radius 1 is 1.36 bits per heavy atom. The Labute approximate surface area is 138 Å². The quantitative estimate of drug-likeness (QED) is 0.672. The van der Waals surface area contributed by atoms with E-state index in [9.17, 15) is 22.4 Å². The van der Waals surface area contributed by atoms with E-state index in [4.69, 9.17) is 15.6 Å². The molecule has 1 fully saturated rings. The lowest BCUT2D eigenvalue weighted by molar-refractivity contribution is -0.637. The number of benzene rings is 1. The summed E-state index contributed by atoms with van der Waals surface area (Å²) in [5.74, 6) is -4.12. The van der Waals surface area contributed by atoms with Crippen molar-refractivity contribution in [2.75, 3.05) is 13.1 Å². The van der Waals surface area contributed by atoms with Crippen molar-refractivity contribution in [2.24, 2.45) is 5.73 Å². The zero-order valence-electron chi connectivity index (χ0n) is 12.7. The summed E-state index contributed by atoms with van der Waals surface area (Å²) in [5.41, 5.74) is 5.88. The van der Waals surface area contributed by atoms with Crippen LogP contribution in [0.25, 0.3) is 10.9 Å². The third kappa shape index (κ3) is 4.44. The van der Waals surface area contributed by atoms with Crippen molar-refractivity contribution in [1.29, 1.82) is 0 Å². The predicted molar refractivity (Wildman–Crippen MR) is 74.6 cm³/mol. The first-order valence-electron chi connectivity index (χ1n) is 7.17. The Balaban J connectivity index is 0.000000277. The van der Waals surface area contributed by atoms with Crippen LogP contribution in [0.4, 0.5) is 17.6 Å². The van der Waals surface area contributed by atoms with Crippen LogP contribution < -0.4 is 16.2 Å². The molecule has 1 aliphatic rings. The van der Waals surface area contributed by atoms with Crippen LogP contribution in [0.3, 0.4) is 0 Å². The molecule has 3 rings (SSSR count). The van der Waals surface area contributed by atoms with Gasteiger partial charge in [0.15, 0.2) is 0 Å². The summed E-state index contributed by atoms with van der Waals surface area (Å²) in [6.45, 7) is 2.03. The second kappa shape index (κ2) is 7.05. The number of carbonyl (C=O) groups excluding carboxylic acids is 2. The van der Waals surface area contributed by atoms with Gasteiger partial charge in [-0.05, 0) is 12.1 Å². The predicted octanol–water partition coefficient (Wildman–Crippen LogP) is -0.919. The molecule has 25 heavy (non-hydrogen) atoms. The molecule has 0 spiro atoms. The number of nitrogens with zero attached hydrogens (tertiary/aromatic N) is 2. The second-order valence-electron chi connectivity index (χ2n) is 5.41. The number of carboxylic acid groups (broad SMARTS) is 1. The monoisotopic (exact) mass is 362 g/mol. The van der Waals surface area contributed by atoms with Gasteiger partial charge in [0.2, 0.25) is 0 Å². The van der Waals surface area contributed by atoms with Crippen molar-refractivity contribution in [1.82, 2.24) is 9.78 Å². The van der Waals surface area contributed by atoms with Gasteiger partial charge in [0.25, 0.3) is 5.91 Å². The molecule has 0 saturated carbocycles. The van der Waals surface area contributed by atoms with Gasteiger partial charge in [0.1, 0.15) is 23.3 Å². The third-order valence-corrected chi connectivity index (χ3v) is 3.60. The van der Waals surface area contributed by atoms with E-state index in [1.165, 1.54) is 6.07 Å². The number of nitrogens with two attached hydrogens (primary N) is 2. The molecule has 136 valence electrons. The number of hydrogen-bond donors (Lipinski definition) is 2. The molecule has 2 heterocycles. The highest BCUT2D eigenvalue weighted by Crippen LogP contribution is 2.22. The second-order valence-corrected chi connectivity index (χ2v) is 5.41. The Hall–Kier alpha value is -2.69. The van der Waals surface area contributed by atoms with Gasteiger partial charge in [-0.3, -0.25) is 9.48 Å². The number of rotatable bonds is 2. The van der Waals surface area contributed by atoms with Crippen LogP contribution >= 0.6 is 0 Å². The van der Waals surface area contributed by atoms with Crippen LogP contribution in [-0.2, 0) is 4.79 Å². The number of carbonyl (C=O) groups is 2. The lowest BCUT2D eigenvalue weighted by Gasteiger charge is -2.04. The molecule has 4 N–H and O–H groups in total. The highest BCUT2D eigenvalue weighted by molar-refractivity contribution is 6.04. The van der Waals surface area contributed by atoms with E-state index in [1.54, 1.807) is 6.20 Å². The fourth-order valence-electron chi connectivity index (χ4n) is 2.47. The van der Waals surface area contributed by atoms with E-state index < -0.39 is 23.9 Å². The summed E-state index contributed by atoms with van der Waals surface area (Å²) < 4.78 is 46.8. The number of alkyl halides is 3. The maximum Gasteiger partial charge on any atom is 0.430 e. The van der Waals surface area contributed by atoms with Gasteiger partial charge in [-0.1, -0.05) is 0 Å². The Kier molecular flexibility index (Phi) is 5.26. The lowest BCUT2D eigenvalue weighted by Crippen LogP contribution is -2.81. The van der Waals surface area contributed by atoms with Crippen LogP contribution in [-0.4, -0.2) is 40.9 Å². The van der Waals surface area contributed by atoms with Crippen molar-refractivity contribution in [3.8, 4) is 0 Å². The van der Waals surface area contributed by atoms with Crippen LogP contribution in [0.5, 0.6) is 0 Å². The molecule has 11 heteroatoms. The zero-order valence-corrected chi connectivity index (χ0v) is 12.7. The van der Waals surface area contributed by atoms with Crippen molar-refractivity contribution >= 4 is 22.8 Å². The number of hydrogen-bond acceptors (Lipinski definition) is 4. The molecule has 7 nitrogen and oxygen atoms in total. The van der Waals surface area contributed by atoms with E-state index in [1.807, 2.05) is 4.68 Å². The number of aromatic nitrogens is 2. The van der Waals surface area contributed by atoms with Gasteiger partial charge < -0.3 is 21.0 Å². The highest BCUT2D eigenvalue weighted by Gasteiger charge is 2.28. The molecule has 1 amide bonds. The van der Waals surface area contributed by atoms with Gasteiger partial charge in [0.05, 0.1) is 18.7 Å². The molecule has 1 unspecified atom stereocenters. The number of carboxylic acids is 1. The van der Waals surface area contributed by atoms with Crippen molar-refractivity contribution < 1.29 is 37.6 Å². The SMILES string of the molecule is NC(=O)c1cc(F)cc2cn(C3CC[NH2+]C3)nc12.O=C([O-])C(F)(F)F. The van der Waals surface area contributed by atoms with Gasteiger partial charge >= 0.3 is 6.18 Å². The van der Waals surface area contributed by atoms with Gasteiger partial charge in [0, 0.05) is 18.0 Å². The van der Waals surface area contributed by atoms with E-state index in [-0.39, 0.29) is 5.56 Å². The number of amides is 1. The smallest absolute Gasteiger partial charge is 0.430 e. The normalized spacial score (nSPS) is 17.2. The molecule has 2 aromatic rings.